The van der Waals surface area contributed by atoms with Gasteiger partial charge in [0.05, 0.1) is 11.1 Å². The molecule has 3 heterocycles. The molecule has 1 saturated heterocycles. The van der Waals surface area contributed by atoms with Gasteiger partial charge >= 0.3 is 6.09 Å². The maximum absolute atomic E-state index is 13.1. The predicted molar refractivity (Wildman–Crippen MR) is 216 cm³/mol. The van der Waals surface area contributed by atoms with Gasteiger partial charge in [-0.2, -0.15) is 5.10 Å². The van der Waals surface area contributed by atoms with Crippen LogP contribution in [-0.2, 0) is 16.2 Å². The molecule has 1 fully saturated rings. The lowest BCUT2D eigenvalue weighted by molar-refractivity contribution is 0.0121. The van der Waals surface area contributed by atoms with E-state index < -0.39 is 13.9 Å². The largest absolute Gasteiger partial charge is 0.464 e. The molecule has 1 aliphatic heterocycles. The van der Waals surface area contributed by atoms with E-state index in [1.807, 2.05) is 85.9 Å². The molecule has 2 aromatic heterocycles. The number of rotatable bonds is 10. The van der Waals surface area contributed by atoms with Crippen molar-refractivity contribution in [3.05, 3.63) is 108 Å². The van der Waals surface area contributed by atoms with Gasteiger partial charge in [-0.25, -0.2) is 9.78 Å². The molecule has 0 bridgehead atoms. The first-order valence-electron chi connectivity index (χ1n) is 18.7. The summed E-state index contributed by atoms with van der Waals surface area (Å²) in [6.45, 7) is 18.8. The smallest absolute Gasteiger partial charge is 0.410 e. The number of pyridine rings is 1. The zero-order chi connectivity index (χ0) is 38.0. The molecule has 280 valence electrons. The zero-order valence-electron chi connectivity index (χ0n) is 32.7. The number of piperidine rings is 1. The summed E-state index contributed by atoms with van der Waals surface area (Å²) in [6, 6.07) is 30.9. The number of ether oxygens (including phenoxy) is 2. The third kappa shape index (κ3) is 8.93. The lowest BCUT2D eigenvalue weighted by atomic mass is 9.92. The number of carbonyl (C=O) groups excluding carboxylic acids is 1. The van der Waals surface area contributed by atoms with Crippen LogP contribution >= 0.6 is 0 Å². The van der Waals surface area contributed by atoms with E-state index in [0.29, 0.717) is 25.6 Å². The van der Waals surface area contributed by atoms with E-state index in [4.69, 9.17) is 24.0 Å². The molecule has 6 rings (SSSR count). The molecule has 53 heavy (non-hydrogen) atoms. The van der Waals surface area contributed by atoms with Crippen molar-refractivity contribution in [1.29, 1.82) is 0 Å². The normalized spacial score (nSPS) is 16.9. The highest BCUT2D eigenvalue weighted by molar-refractivity contribution is 6.74. The highest BCUT2D eigenvalue weighted by atomic mass is 28.4. The summed E-state index contributed by atoms with van der Waals surface area (Å²) < 4.78 is 21.2. The lowest BCUT2D eigenvalue weighted by Crippen LogP contribution is -2.52. The number of amides is 1. The van der Waals surface area contributed by atoms with E-state index in [0.717, 1.165) is 45.4 Å². The summed E-state index contributed by atoms with van der Waals surface area (Å²) in [5.74, 6) is 0.606. The van der Waals surface area contributed by atoms with Gasteiger partial charge in [0.1, 0.15) is 11.3 Å². The summed E-state index contributed by atoms with van der Waals surface area (Å²) in [6.07, 6.45) is 1.93. The Kier molecular flexibility index (Phi) is 11.0. The first-order chi connectivity index (χ1) is 25.1. The summed E-state index contributed by atoms with van der Waals surface area (Å²) in [5, 5.41) is 9.93. The Bertz CT molecular complexity index is 1960. The van der Waals surface area contributed by atoms with Crippen molar-refractivity contribution in [2.45, 2.75) is 83.8 Å². The molecular formula is C43H55N5O4Si. The maximum Gasteiger partial charge on any atom is 0.410 e. The van der Waals surface area contributed by atoms with Gasteiger partial charge < -0.3 is 24.1 Å². The van der Waals surface area contributed by atoms with Gasteiger partial charge in [0.25, 0.3) is 0 Å². The molecule has 5 aromatic rings. The Labute approximate surface area is 315 Å². The number of nitrogens with zero attached hydrogens (tertiary/aromatic N) is 4. The third-order valence-corrected chi connectivity index (χ3v) is 15.0. The van der Waals surface area contributed by atoms with Crippen molar-refractivity contribution in [3.63, 3.8) is 0 Å². The Hall–Kier alpha value is -4.67. The molecule has 1 aliphatic rings. The summed E-state index contributed by atoms with van der Waals surface area (Å²) in [5.41, 5.74) is 5.16. The minimum absolute atomic E-state index is 0.0838. The van der Waals surface area contributed by atoms with Gasteiger partial charge in [0.2, 0.25) is 5.88 Å². The van der Waals surface area contributed by atoms with Crippen LogP contribution in [0.5, 0.6) is 5.88 Å². The second-order valence-corrected chi connectivity index (χ2v) is 21.5. The van der Waals surface area contributed by atoms with Crippen LogP contribution in [0.15, 0.2) is 97.2 Å². The Morgan fingerprint density at radius 2 is 1.58 bits per heavy atom. The average molecular weight is 734 g/mol. The minimum atomic E-state index is -2.01. The van der Waals surface area contributed by atoms with Gasteiger partial charge in [0.15, 0.2) is 14.4 Å². The molecule has 0 spiro atoms. The molecule has 0 unspecified atom stereocenters. The summed E-state index contributed by atoms with van der Waals surface area (Å²) in [4.78, 5) is 19.7. The van der Waals surface area contributed by atoms with Crippen molar-refractivity contribution in [2.75, 3.05) is 25.0 Å². The van der Waals surface area contributed by atoms with Gasteiger partial charge in [-0.1, -0.05) is 81.4 Å². The van der Waals surface area contributed by atoms with Crippen LogP contribution in [0.25, 0.3) is 22.2 Å². The van der Waals surface area contributed by atoms with Crippen molar-refractivity contribution in [2.24, 2.45) is 13.0 Å². The molecular weight excluding hydrogens is 679 g/mol. The van der Waals surface area contributed by atoms with Crippen molar-refractivity contribution in [3.8, 4) is 17.1 Å². The van der Waals surface area contributed by atoms with Crippen LogP contribution in [0, 0.1) is 5.92 Å². The molecule has 1 N–H and O–H groups in total. The number of nitrogens with one attached hydrogen (secondary N) is 1. The fourth-order valence-corrected chi connectivity index (χ4v) is 7.60. The van der Waals surface area contributed by atoms with E-state index in [1.165, 1.54) is 0 Å². The van der Waals surface area contributed by atoms with Crippen LogP contribution in [0.2, 0.25) is 18.1 Å². The van der Waals surface area contributed by atoms with E-state index in [9.17, 15) is 4.79 Å². The number of likely N-dealkylation sites (tertiary alicyclic amines) is 1. The zero-order valence-corrected chi connectivity index (χ0v) is 33.7. The maximum atomic E-state index is 13.1. The number of hydrogen-bond donors (Lipinski definition) is 1. The molecule has 9 nitrogen and oxygen atoms in total. The fourth-order valence-electron chi connectivity index (χ4n) is 6.54. The number of hydrogen-bond acceptors (Lipinski definition) is 7. The molecule has 10 heteroatoms. The highest BCUT2D eigenvalue weighted by Crippen LogP contribution is 2.39. The van der Waals surface area contributed by atoms with Crippen molar-refractivity contribution in [1.82, 2.24) is 19.7 Å². The number of fused-ring (bicyclic) bond motifs is 1. The Balaban J connectivity index is 1.27. The van der Waals surface area contributed by atoms with Crippen molar-refractivity contribution < 1.29 is 18.7 Å². The van der Waals surface area contributed by atoms with Gasteiger partial charge in [0, 0.05) is 56.0 Å². The summed E-state index contributed by atoms with van der Waals surface area (Å²) in [7, 11) is -0.0439. The van der Waals surface area contributed by atoms with Gasteiger partial charge in [-0.05, 0) is 86.8 Å². The third-order valence-electron chi connectivity index (χ3n) is 10.5. The van der Waals surface area contributed by atoms with E-state index in [2.05, 4.69) is 81.6 Å². The predicted octanol–water partition coefficient (Wildman–Crippen LogP) is 9.86. The second-order valence-electron chi connectivity index (χ2n) is 16.7. The lowest BCUT2D eigenvalue weighted by Gasteiger charge is -2.42. The molecule has 3 aromatic carbocycles. The fraction of sp³-hybridized carbons (Fsp3) is 0.419. The van der Waals surface area contributed by atoms with E-state index >= 15 is 0 Å². The molecule has 1 amide bonds. The summed E-state index contributed by atoms with van der Waals surface area (Å²) >= 11 is 0. The molecule has 0 radical (unpaired) electrons. The van der Waals surface area contributed by atoms with Crippen LogP contribution in [0.4, 0.5) is 10.5 Å². The molecule has 0 saturated carbocycles. The molecule has 2 atom stereocenters. The van der Waals surface area contributed by atoms with E-state index in [-0.39, 0.29) is 29.2 Å². The first-order valence-corrected chi connectivity index (χ1v) is 21.6. The number of benzene rings is 3. The average Bonchev–Trinajstić information content (AvgIpc) is 3.44. The highest BCUT2D eigenvalue weighted by Gasteiger charge is 2.40. The van der Waals surface area contributed by atoms with Gasteiger partial charge in [-0.15, -0.1) is 0 Å². The number of aryl methyl sites for hydroxylation is 1. The minimum Gasteiger partial charge on any atom is -0.464 e. The van der Waals surface area contributed by atoms with Crippen molar-refractivity contribution >= 4 is 31.0 Å². The Morgan fingerprint density at radius 1 is 0.925 bits per heavy atom. The monoisotopic (exact) mass is 733 g/mol. The van der Waals surface area contributed by atoms with Crippen LogP contribution in [0.3, 0.4) is 0 Å². The molecule has 0 aliphatic carbocycles. The topological polar surface area (TPSA) is 90.7 Å². The number of carbonyl (C=O) groups is 1. The second kappa shape index (κ2) is 15.4. The van der Waals surface area contributed by atoms with Crippen LogP contribution in [-0.4, -0.2) is 65.4 Å². The number of anilines is 1. The van der Waals surface area contributed by atoms with Crippen LogP contribution < -0.4 is 10.1 Å². The number of aromatic nitrogens is 3. The SMILES string of the molecule is Cn1nc(-c2cccnc2OC(c2ccccc2)c2ccccc2)c2ccc(N[C@@H]3CCN(C(=O)OC(C)(C)C)C[C@@H]3CO[Si](C)(C)C(C)(C)C)cc21. The first kappa shape index (κ1) is 38.1. The Morgan fingerprint density at radius 3 is 2.21 bits per heavy atom. The van der Waals surface area contributed by atoms with Crippen LogP contribution in [0.1, 0.15) is 65.2 Å². The van der Waals surface area contributed by atoms with Gasteiger partial charge in [-0.3, -0.25) is 4.68 Å². The standard InChI is InChI=1S/C43H55N5O4Si/c1-42(2,3)52-41(49)48-26-24-36(32(28-48)29-50-53(8,9)43(4,5)6)45-33-22-23-34-37(27-33)47(7)46-38(34)35-21-16-25-44-40(35)51-39(30-17-12-10-13-18-30)31-19-14-11-15-20-31/h10-23,25,27,32,36,39,45H,24,26,28-29H2,1-9H3/t32-,36-/m1/s1. The van der Waals surface area contributed by atoms with E-state index in [1.54, 1.807) is 6.20 Å². The quantitative estimate of drug-likeness (QED) is 0.143.